The van der Waals surface area contributed by atoms with Gasteiger partial charge in [-0.05, 0) is 34.5 Å². The lowest BCUT2D eigenvalue weighted by atomic mass is 9.89. The fraction of sp³-hybridized carbons (Fsp3) is 0.200. The van der Waals surface area contributed by atoms with Crippen LogP contribution in [-0.2, 0) is 5.54 Å². The van der Waals surface area contributed by atoms with Gasteiger partial charge >= 0.3 is 0 Å². The monoisotopic (exact) mass is 253 g/mol. The first kappa shape index (κ1) is 11.9. The van der Waals surface area contributed by atoms with Crippen molar-refractivity contribution in [3.05, 3.63) is 64.8 Å². The number of nitrogens with zero attached hydrogens (tertiary/aromatic N) is 2. The first-order valence-electron chi connectivity index (χ1n) is 6.19. The molecule has 2 aromatic rings. The number of rotatable bonds is 2. The number of fused-ring (bicyclic) bond motifs is 1. The summed E-state index contributed by atoms with van der Waals surface area (Å²) >= 11 is 0. The molecule has 0 spiro atoms. The summed E-state index contributed by atoms with van der Waals surface area (Å²) < 4.78 is 0. The molecule has 0 aromatic heterocycles. The quantitative estimate of drug-likeness (QED) is 0.836. The van der Waals surface area contributed by atoms with Crippen molar-refractivity contribution in [1.82, 2.24) is 10.4 Å². The van der Waals surface area contributed by atoms with Gasteiger partial charge in [-0.1, -0.05) is 36.4 Å². The van der Waals surface area contributed by atoms with Crippen molar-refractivity contribution in [1.29, 1.82) is 0 Å². The molecule has 1 atom stereocenters. The van der Waals surface area contributed by atoms with Gasteiger partial charge in [0, 0.05) is 13.2 Å². The fourth-order valence-electron chi connectivity index (χ4n) is 2.58. The molecule has 1 N–H and O–H groups in total. The SMILES string of the molecule is CN1C=C(N=O)C(C)(c2ccc3ccccc3c2)N1. The van der Waals surface area contributed by atoms with Crippen LogP contribution in [0.15, 0.2) is 59.5 Å². The van der Waals surface area contributed by atoms with Crippen LogP contribution in [0.3, 0.4) is 0 Å². The third-order valence-corrected chi connectivity index (χ3v) is 3.65. The number of hydrogen-bond acceptors (Lipinski definition) is 4. The molecule has 0 aliphatic carbocycles. The van der Waals surface area contributed by atoms with Gasteiger partial charge in [-0.3, -0.25) is 0 Å². The molecule has 1 heterocycles. The Kier molecular flexibility index (Phi) is 2.61. The summed E-state index contributed by atoms with van der Waals surface area (Å²) in [4.78, 5) is 11.0. The van der Waals surface area contributed by atoms with E-state index in [0.717, 1.165) is 10.9 Å². The predicted octanol–water partition coefficient (Wildman–Crippen LogP) is 3.11. The largest absolute Gasteiger partial charge is 0.315 e. The standard InChI is InChI=1S/C15H15N3O/c1-15(14(16-19)10-18(2)17-15)13-8-7-11-5-3-4-6-12(11)9-13/h3-10,17H,1-2H3. The molecule has 0 saturated heterocycles. The average Bonchev–Trinajstić information content (AvgIpc) is 2.74. The van der Waals surface area contributed by atoms with E-state index in [2.05, 4.69) is 34.9 Å². The van der Waals surface area contributed by atoms with Crippen LogP contribution in [0.2, 0.25) is 0 Å². The first-order valence-corrected chi connectivity index (χ1v) is 6.19. The van der Waals surface area contributed by atoms with E-state index in [0.29, 0.717) is 5.70 Å². The fourth-order valence-corrected chi connectivity index (χ4v) is 2.58. The summed E-state index contributed by atoms with van der Waals surface area (Å²) in [5.41, 5.74) is 4.21. The number of nitroso groups, excluding NO2 is 1. The van der Waals surface area contributed by atoms with Crippen LogP contribution in [0.5, 0.6) is 0 Å². The summed E-state index contributed by atoms with van der Waals surface area (Å²) in [6.07, 6.45) is 1.72. The van der Waals surface area contributed by atoms with E-state index in [1.54, 1.807) is 11.2 Å². The summed E-state index contributed by atoms with van der Waals surface area (Å²) in [5.74, 6) is 0. The van der Waals surface area contributed by atoms with E-state index in [9.17, 15) is 4.91 Å². The molecular formula is C15H15N3O. The van der Waals surface area contributed by atoms with Gasteiger partial charge in [-0.25, -0.2) is 5.43 Å². The molecule has 96 valence electrons. The van der Waals surface area contributed by atoms with Gasteiger partial charge in [0.25, 0.3) is 0 Å². The van der Waals surface area contributed by atoms with Crippen molar-refractivity contribution in [3.8, 4) is 0 Å². The summed E-state index contributed by atoms with van der Waals surface area (Å²) in [6, 6.07) is 14.4. The third-order valence-electron chi connectivity index (χ3n) is 3.65. The van der Waals surface area contributed by atoms with Crippen molar-refractivity contribution >= 4 is 10.8 Å². The maximum atomic E-state index is 11.0. The number of hydrazine groups is 1. The van der Waals surface area contributed by atoms with Gasteiger partial charge in [-0.2, -0.15) is 0 Å². The molecule has 0 bridgehead atoms. The van der Waals surface area contributed by atoms with Crippen molar-refractivity contribution in [2.45, 2.75) is 12.5 Å². The van der Waals surface area contributed by atoms with Gasteiger partial charge in [0.2, 0.25) is 0 Å². The zero-order valence-electron chi connectivity index (χ0n) is 10.9. The van der Waals surface area contributed by atoms with Crippen LogP contribution in [0, 0.1) is 4.91 Å². The van der Waals surface area contributed by atoms with Crippen LogP contribution in [0.25, 0.3) is 10.8 Å². The highest BCUT2D eigenvalue weighted by atomic mass is 16.3. The topological polar surface area (TPSA) is 44.7 Å². The van der Waals surface area contributed by atoms with E-state index in [1.807, 2.05) is 32.2 Å². The maximum absolute atomic E-state index is 11.0. The zero-order valence-corrected chi connectivity index (χ0v) is 10.9. The molecule has 0 amide bonds. The molecule has 2 aromatic carbocycles. The molecular weight excluding hydrogens is 238 g/mol. The molecule has 4 nitrogen and oxygen atoms in total. The molecule has 3 rings (SSSR count). The Bertz CT molecular complexity index is 680. The molecule has 0 fully saturated rings. The number of hydrogen-bond donors (Lipinski definition) is 1. The molecule has 0 radical (unpaired) electrons. The molecule has 4 heteroatoms. The second kappa shape index (κ2) is 4.17. The molecule has 0 saturated carbocycles. The molecule has 19 heavy (non-hydrogen) atoms. The van der Waals surface area contributed by atoms with Crippen molar-refractivity contribution in [2.75, 3.05) is 7.05 Å². The highest BCUT2D eigenvalue weighted by molar-refractivity contribution is 5.83. The van der Waals surface area contributed by atoms with Gasteiger partial charge in [0.1, 0.15) is 11.2 Å². The minimum absolute atomic E-state index is 0.491. The summed E-state index contributed by atoms with van der Waals surface area (Å²) in [7, 11) is 1.86. The Balaban J connectivity index is 2.14. The van der Waals surface area contributed by atoms with Crippen LogP contribution >= 0.6 is 0 Å². The Hall–Kier alpha value is -2.20. The lowest BCUT2D eigenvalue weighted by Crippen LogP contribution is -2.41. The smallest absolute Gasteiger partial charge is 0.128 e. The second-order valence-corrected chi connectivity index (χ2v) is 5.02. The summed E-state index contributed by atoms with van der Waals surface area (Å²) in [6.45, 7) is 1.97. The highest BCUT2D eigenvalue weighted by Crippen LogP contribution is 2.35. The lowest BCUT2D eigenvalue weighted by Gasteiger charge is -2.27. The van der Waals surface area contributed by atoms with Crippen LogP contribution in [0.1, 0.15) is 12.5 Å². The normalized spacial score (nSPS) is 22.6. The minimum atomic E-state index is -0.569. The van der Waals surface area contributed by atoms with E-state index in [1.165, 1.54) is 5.39 Å². The predicted molar refractivity (Wildman–Crippen MR) is 76.1 cm³/mol. The van der Waals surface area contributed by atoms with E-state index < -0.39 is 5.54 Å². The molecule has 1 aliphatic heterocycles. The van der Waals surface area contributed by atoms with Crippen molar-refractivity contribution in [3.63, 3.8) is 0 Å². The molecule has 1 unspecified atom stereocenters. The Labute approximate surface area is 111 Å². The van der Waals surface area contributed by atoms with Gasteiger partial charge in [0.15, 0.2) is 0 Å². The van der Waals surface area contributed by atoms with Crippen LogP contribution in [0.4, 0.5) is 0 Å². The van der Waals surface area contributed by atoms with Gasteiger partial charge < -0.3 is 5.01 Å². The Morgan fingerprint density at radius 3 is 2.63 bits per heavy atom. The van der Waals surface area contributed by atoms with E-state index in [-0.39, 0.29) is 0 Å². The molecule has 1 aliphatic rings. The van der Waals surface area contributed by atoms with Gasteiger partial charge in [-0.15, -0.1) is 4.91 Å². The summed E-state index contributed by atoms with van der Waals surface area (Å²) in [5, 5.41) is 7.27. The minimum Gasteiger partial charge on any atom is -0.315 e. The second-order valence-electron chi connectivity index (χ2n) is 5.02. The van der Waals surface area contributed by atoms with E-state index >= 15 is 0 Å². The first-order chi connectivity index (χ1) is 9.13. The Morgan fingerprint density at radius 1 is 1.16 bits per heavy atom. The highest BCUT2D eigenvalue weighted by Gasteiger charge is 2.38. The Morgan fingerprint density at radius 2 is 1.89 bits per heavy atom. The van der Waals surface area contributed by atoms with Crippen LogP contribution < -0.4 is 5.43 Å². The lowest BCUT2D eigenvalue weighted by molar-refractivity contribution is 0.265. The number of benzene rings is 2. The van der Waals surface area contributed by atoms with Gasteiger partial charge in [0.05, 0.1) is 0 Å². The van der Waals surface area contributed by atoms with Crippen LogP contribution in [-0.4, -0.2) is 12.1 Å². The average molecular weight is 253 g/mol. The maximum Gasteiger partial charge on any atom is 0.128 e. The number of nitrogens with one attached hydrogen (secondary N) is 1. The van der Waals surface area contributed by atoms with Crippen molar-refractivity contribution < 1.29 is 0 Å². The van der Waals surface area contributed by atoms with Crippen molar-refractivity contribution in [2.24, 2.45) is 5.18 Å². The zero-order chi connectivity index (χ0) is 13.5. The van der Waals surface area contributed by atoms with E-state index in [4.69, 9.17) is 0 Å². The third kappa shape index (κ3) is 1.81.